The van der Waals surface area contributed by atoms with Crippen LogP contribution in [-0.2, 0) is 17.7 Å². The Labute approximate surface area is 108 Å². The van der Waals surface area contributed by atoms with Crippen molar-refractivity contribution in [3.8, 4) is 0 Å². The molecule has 0 amide bonds. The van der Waals surface area contributed by atoms with Gasteiger partial charge in [-0.3, -0.25) is 0 Å². The molecule has 1 fully saturated rings. The third kappa shape index (κ3) is 4.38. The van der Waals surface area contributed by atoms with Gasteiger partial charge in [-0.15, -0.1) is 0 Å². The van der Waals surface area contributed by atoms with Crippen LogP contribution in [0.15, 0.2) is 4.52 Å². The van der Waals surface area contributed by atoms with Crippen molar-refractivity contribution < 1.29 is 9.26 Å². The molecule has 0 bridgehead atoms. The lowest BCUT2D eigenvalue weighted by Crippen LogP contribution is -2.35. The van der Waals surface area contributed by atoms with E-state index in [1.807, 2.05) is 0 Å². The molecular weight excluding hydrogens is 230 g/mol. The van der Waals surface area contributed by atoms with E-state index in [4.69, 9.17) is 9.26 Å². The van der Waals surface area contributed by atoms with Gasteiger partial charge in [-0.1, -0.05) is 5.16 Å². The SMILES string of the molecule is CC(C)(C)NCc1nc(CC2CCCCO2)no1. The van der Waals surface area contributed by atoms with E-state index < -0.39 is 0 Å². The fourth-order valence-corrected chi connectivity index (χ4v) is 1.96. The maximum atomic E-state index is 5.67. The molecule has 102 valence electrons. The van der Waals surface area contributed by atoms with E-state index in [9.17, 15) is 0 Å². The summed E-state index contributed by atoms with van der Waals surface area (Å²) in [6.07, 6.45) is 4.54. The molecule has 0 aliphatic carbocycles. The summed E-state index contributed by atoms with van der Waals surface area (Å²) >= 11 is 0. The highest BCUT2D eigenvalue weighted by atomic mass is 16.5. The first-order chi connectivity index (χ1) is 8.53. The van der Waals surface area contributed by atoms with Crippen LogP contribution in [0.1, 0.15) is 51.7 Å². The average molecular weight is 253 g/mol. The lowest BCUT2D eigenvalue weighted by atomic mass is 10.1. The molecule has 2 rings (SSSR count). The Hall–Kier alpha value is -0.940. The molecule has 5 heteroatoms. The maximum Gasteiger partial charge on any atom is 0.240 e. The minimum atomic E-state index is 0.0567. The zero-order valence-electron chi connectivity index (χ0n) is 11.5. The Morgan fingerprint density at radius 3 is 2.83 bits per heavy atom. The molecule has 0 saturated carbocycles. The molecule has 0 spiro atoms. The number of aromatic nitrogens is 2. The molecule has 1 aromatic rings. The highest BCUT2D eigenvalue weighted by molar-refractivity contribution is 4.90. The van der Waals surface area contributed by atoms with E-state index in [-0.39, 0.29) is 11.6 Å². The normalized spacial score (nSPS) is 21.2. The van der Waals surface area contributed by atoms with Crippen LogP contribution >= 0.6 is 0 Å². The summed E-state index contributed by atoms with van der Waals surface area (Å²) in [5, 5.41) is 7.33. The molecule has 1 N–H and O–H groups in total. The molecule has 1 saturated heterocycles. The topological polar surface area (TPSA) is 60.2 Å². The van der Waals surface area contributed by atoms with Gasteiger partial charge >= 0.3 is 0 Å². The van der Waals surface area contributed by atoms with Crippen LogP contribution in [0.25, 0.3) is 0 Å². The number of nitrogens with one attached hydrogen (secondary N) is 1. The van der Waals surface area contributed by atoms with Crippen LogP contribution in [0.5, 0.6) is 0 Å². The van der Waals surface area contributed by atoms with Gasteiger partial charge < -0.3 is 14.6 Å². The van der Waals surface area contributed by atoms with Crippen molar-refractivity contribution in [3.05, 3.63) is 11.7 Å². The smallest absolute Gasteiger partial charge is 0.240 e. The van der Waals surface area contributed by atoms with Gasteiger partial charge in [0, 0.05) is 18.6 Å². The highest BCUT2D eigenvalue weighted by Crippen LogP contribution is 2.16. The van der Waals surface area contributed by atoms with E-state index in [0.717, 1.165) is 25.3 Å². The summed E-state index contributed by atoms with van der Waals surface area (Å²) in [6, 6.07) is 0. The standard InChI is InChI=1S/C13H23N3O2/c1-13(2,3)14-9-12-15-11(16-18-12)8-10-6-4-5-7-17-10/h10,14H,4-9H2,1-3H3. The average Bonchev–Trinajstić information content (AvgIpc) is 2.75. The van der Waals surface area contributed by atoms with Crippen molar-refractivity contribution in [2.24, 2.45) is 0 Å². The van der Waals surface area contributed by atoms with Gasteiger partial charge in [0.1, 0.15) is 0 Å². The number of nitrogens with zero attached hydrogens (tertiary/aromatic N) is 2. The van der Waals surface area contributed by atoms with E-state index in [1.54, 1.807) is 0 Å². The van der Waals surface area contributed by atoms with E-state index in [1.165, 1.54) is 12.8 Å². The Bertz CT molecular complexity index is 365. The summed E-state index contributed by atoms with van der Waals surface area (Å²) in [5.41, 5.74) is 0.0567. The van der Waals surface area contributed by atoms with Crippen molar-refractivity contribution in [1.29, 1.82) is 0 Å². The van der Waals surface area contributed by atoms with Crippen LogP contribution in [0.2, 0.25) is 0 Å². The van der Waals surface area contributed by atoms with E-state index >= 15 is 0 Å². The van der Waals surface area contributed by atoms with E-state index in [0.29, 0.717) is 12.4 Å². The van der Waals surface area contributed by atoms with Crippen LogP contribution in [0, 0.1) is 0 Å². The summed E-state index contributed by atoms with van der Waals surface area (Å²) in [6.45, 7) is 7.81. The van der Waals surface area contributed by atoms with Gasteiger partial charge in [0.2, 0.25) is 5.89 Å². The fourth-order valence-electron chi connectivity index (χ4n) is 1.96. The Kier molecular flexibility index (Phi) is 4.35. The monoisotopic (exact) mass is 253 g/mol. The van der Waals surface area contributed by atoms with Crippen LogP contribution in [0.4, 0.5) is 0 Å². The predicted octanol–water partition coefficient (Wildman–Crippen LogP) is 2.07. The van der Waals surface area contributed by atoms with Crippen molar-refractivity contribution in [3.63, 3.8) is 0 Å². The Balaban J connectivity index is 1.82. The molecule has 0 aromatic carbocycles. The molecule has 5 nitrogen and oxygen atoms in total. The van der Waals surface area contributed by atoms with Gasteiger partial charge in [-0.05, 0) is 40.0 Å². The van der Waals surface area contributed by atoms with Crippen LogP contribution < -0.4 is 5.32 Å². The summed E-state index contributed by atoms with van der Waals surface area (Å²) in [5.74, 6) is 1.41. The first kappa shape index (κ1) is 13.5. The molecule has 1 aliphatic rings. The van der Waals surface area contributed by atoms with Crippen LogP contribution in [0.3, 0.4) is 0 Å². The van der Waals surface area contributed by atoms with Crippen LogP contribution in [-0.4, -0.2) is 28.4 Å². The summed E-state index contributed by atoms with van der Waals surface area (Å²) in [4.78, 5) is 4.39. The highest BCUT2D eigenvalue weighted by Gasteiger charge is 2.18. The zero-order chi connectivity index (χ0) is 13.0. The maximum absolute atomic E-state index is 5.67. The predicted molar refractivity (Wildman–Crippen MR) is 68.2 cm³/mol. The zero-order valence-corrected chi connectivity index (χ0v) is 11.5. The first-order valence-corrected chi connectivity index (χ1v) is 6.71. The number of hydrogen-bond donors (Lipinski definition) is 1. The molecule has 1 atom stereocenters. The van der Waals surface area contributed by atoms with Gasteiger partial charge in [0.05, 0.1) is 12.6 Å². The van der Waals surface area contributed by atoms with Crippen molar-refractivity contribution >= 4 is 0 Å². The summed E-state index contributed by atoms with van der Waals surface area (Å²) in [7, 11) is 0. The van der Waals surface area contributed by atoms with Gasteiger partial charge in [0.25, 0.3) is 0 Å². The number of hydrogen-bond acceptors (Lipinski definition) is 5. The number of ether oxygens (including phenoxy) is 1. The van der Waals surface area contributed by atoms with Gasteiger partial charge in [-0.2, -0.15) is 4.98 Å². The second-order valence-electron chi connectivity index (χ2n) is 5.90. The lowest BCUT2D eigenvalue weighted by Gasteiger charge is -2.20. The third-order valence-corrected chi connectivity index (χ3v) is 2.96. The molecule has 18 heavy (non-hydrogen) atoms. The van der Waals surface area contributed by atoms with Crippen molar-refractivity contribution in [2.45, 2.75) is 64.6 Å². The van der Waals surface area contributed by atoms with E-state index in [2.05, 4.69) is 36.2 Å². The molecule has 1 aromatic heterocycles. The quantitative estimate of drug-likeness (QED) is 0.890. The second kappa shape index (κ2) is 5.80. The van der Waals surface area contributed by atoms with Crippen molar-refractivity contribution in [1.82, 2.24) is 15.5 Å². The summed E-state index contributed by atoms with van der Waals surface area (Å²) < 4.78 is 10.9. The molecular formula is C13H23N3O2. The number of rotatable bonds is 4. The lowest BCUT2D eigenvalue weighted by molar-refractivity contribution is 0.0153. The third-order valence-electron chi connectivity index (χ3n) is 2.96. The fraction of sp³-hybridized carbons (Fsp3) is 0.846. The molecule has 1 unspecified atom stereocenters. The Morgan fingerprint density at radius 1 is 1.33 bits per heavy atom. The first-order valence-electron chi connectivity index (χ1n) is 6.71. The minimum Gasteiger partial charge on any atom is -0.378 e. The second-order valence-corrected chi connectivity index (χ2v) is 5.90. The van der Waals surface area contributed by atoms with Gasteiger partial charge in [0.15, 0.2) is 5.82 Å². The largest absolute Gasteiger partial charge is 0.378 e. The van der Waals surface area contributed by atoms with Gasteiger partial charge in [-0.25, -0.2) is 0 Å². The molecule has 1 aliphatic heterocycles. The van der Waals surface area contributed by atoms with Crippen molar-refractivity contribution in [2.75, 3.05) is 6.61 Å². The Morgan fingerprint density at radius 2 is 2.17 bits per heavy atom. The molecule has 2 heterocycles. The minimum absolute atomic E-state index is 0.0567. The molecule has 0 radical (unpaired) electrons.